The van der Waals surface area contributed by atoms with Crippen LogP contribution in [-0.2, 0) is 16.1 Å². The highest BCUT2D eigenvalue weighted by molar-refractivity contribution is 5.84. The Morgan fingerprint density at radius 1 is 1.32 bits per heavy atom. The number of urea groups is 1. The van der Waals surface area contributed by atoms with Crippen molar-refractivity contribution in [1.82, 2.24) is 15.1 Å². The number of rotatable bonds is 9. The predicted molar refractivity (Wildman–Crippen MR) is 94.0 cm³/mol. The normalized spacial score (nSPS) is 16.6. The Bertz CT molecular complexity index is 526. The molecule has 0 aromatic carbocycles. The SMILES string of the molecule is CCCN(CC(=O)N(Cc1ccco1)C[C@@H]1CCCO1)C(=O)NCC. The van der Waals surface area contributed by atoms with Crippen molar-refractivity contribution in [2.24, 2.45) is 0 Å². The minimum absolute atomic E-state index is 0.0583. The van der Waals surface area contributed by atoms with E-state index < -0.39 is 0 Å². The summed E-state index contributed by atoms with van der Waals surface area (Å²) in [6, 6.07) is 3.46. The van der Waals surface area contributed by atoms with Crippen LogP contribution < -0.4 is 5.32 Å². The summed E-state index contributed by atoms with van der Waals surface area (Å²) in [5, 5.41) is 2.77. The minimum atomic E-state index is -0.201. The van der Waals surface area contributed by atoms with E-state index in [9.17, 15) is 9.59 Å². The lowest BCUT2D eigenvalue weighted by atomic mass is 10.2. The fourth-order valence-corrected chi connectivity index (χ4v) is 2.93. The second kappa shape index (κ2) is 10.1. The molecule has 140 valence electrons. The maximum Gasteiger partial charge on any atom is 0.317 e. The summed E-state index contributed by atoms with van der Waals surface area (Å²) in [5.74, 6) is 0.637. The summed E-state index contributed by atoms with van der Waals surface area (Å²) in [5.41, 5.74) is 0. The zero-order valence-corrected chi connectivity index (χ0v) is 15.2. The van der Waals surface area contributed by atoms with Gasteiger partial charge in [-0.15, -0.1) is 0 Å². The number of nitrogens with one attached hydrogen (secondary N) is 1. The van der Waals surface area contributed by atoms with Crippen LogP contribution in [0.4, 0.5) is 4.79 Å². The highest BCUT2D eigenvalue weighted by Gasteiger charge is 2.25. The zero-order valence-electron chi connectivity index (χ0n) is 15.2. The number of amides is 3. The Hall–Kier alpha value is -2.02. The molecule has 7 nitrogen and oxygen atoms in total. The standard InChI is InChI=1S/C18H29N3O4/c1-3-9-20(18(23)19-4-2)14-17(22)21(12-15-7-5-10-24-15)13-16-8-6-11-25-16/h5,7,10,16H,3-4,6,8-9,11-14H2,1-2H3,(H,19,23)/t16-/m0/s1. The molecule has 1 saturated heterocycles. The van der Waals surface area contributed by atoms with E-state index in [1.54, 1.807) is 16.1 Å². The van der Waals surface area contributed by atoms with Gasteiger partial charge in [-0.05, 0) is 38.3 Å². The monoisotopic (exact) mass is 351 g/mol. The molecule has 1 aromatic rings. The number of nitrogens with zero attached hydrogens (tertiary/aromatic N) is 2. The van der Waals surface area contributed by atoms with Crippen molar-refractivity contribution < 1.29 is 18.7 Å². The van der Waals surface area contributed by atoms with Gasteiger partial charge in [-0.25, -0.2) is 4.79 Å². The number of carbonyl (C=O) groups excluding carboxylic acids is 2. The molecule has 0 aliphatic carbocycles. The first-order valence-electron chi connectivity index (χ1n) is 9.08. The zero-order chi connectivity index (χ0) is 18.1. The minimum Gasteiger partial charge on any atom is -0.467 e. The molecule has 1 aliphatic heterocycles. The summed E-state index contributed by atoms with van der Waals surface area (Å²) < 4.78 is 11.1. The molecule has 1 aromatic heterocycles. The molecule has 1 aliphatic rings. The second-order valence-corrected chi connectivity index (χ2v) is 6.25. The molecule has 2 rings (SSSR count). The largest absolute Gasteiger partial charge is 0.467 e. The molecule has 1 N–H and O–H groups in total. The van der Waals surface area contributed by atoms with Gasteiger partial charge in [0.2, 0.25) is 5.91 Å². The lowest BCUT2D eigenvalue weighted by Gasteiger charge is -2.28. The third-order valence-electron chi connectivity index (χ3n) is 4.16. The van der Waals surface area contributed by atoms with Gasteiger partial charge in [-0.3, -0.25) is 4.79 Å². The van der Waals surface area contributed by atoms with Gasteiger partial charge in [0.05, 0.1) is 18.9 Å². The summed E-state index contributed by atoms with van der Waals surface area (Å²) in [7, 11) is 0. The van der Waals surface area contributed by atoms with Crippen molar-refractivity contribution in [2.75, 3.05) is 32.8 Å². The van der Waals surface area contributed by atoms with Gasteiger partial charge in [0, 0.05) is 26.2 Å². The summed E-state index contributed by atoms with van der Waals surface area (Å²) >= 11 is 0. The molecule has 1 atom stereocenters. The van der Waals surface area contributed by atoms with Gasteiger partial charge in [-0.1, -0.05) is 6.92 Å². The summed E-state index contributed by atoms with van der Waals surface area (Å²) in [6.07, 6.45) is 4.44. The Labute approximate surface area is 149 Å². The highest BCUT2D eigenvalue weighted by Crippen LogP contribution is 2.16. The Morgan fingerprint density at radius 2 is 2.16 bits per heavy atom. The molecule has 0 unspecified atom stereocenters. The van der Waals surface area contributed by atoms with Crippen LogP contribution in [0.1, 0.15) is 38.9 Å². The van der Waals surface area contributed by atoms with Crippen LogP contribution in [0.3, 0.4) is 0 Å². The van der Waals surface area contributed by atoms with Crippen LogP contribution in [0, 0.1) is 0 Å². The van der Waals surface area contributed by atoms with E-state index in [1.165, 1.54) is 0 Å². The lowest BCUT2D eigenvalue weighted by Crippen LogP contribution is -2.48. The van der Waals surface area contributed by atoms with E-state index in [0.29, 0.717) is 26.2 Å². The van der Waals surface area contributed by atoms with E-state index in [0.717, 1.165) is 31.6 Å². The Kier molecular flexibility index (Phi) is 7.78. The third kappa shape index (κ3) is 6.08. The van der Waals surface area contributed by atoms with Crippen molar-refractivity contribution in [2.45, 2.75) is 45.8 Å². The molecule has 3 amide bonds. The molecule has 0 saturated carbocycles. The number of ether oxygens (including phenoxy) is 1. The van der Waals surface area contributed by atoms with Crippen molar-refractivity contribution in [3.8, 4) is 0 Å². The molecular weight excluding hydrogens is 322 g/mol. The molecule has 0 spiro atoms. The highest BCUT2D eigenvalue weighted by atomic mass is 16.5. The number of furan rings is 1. The fraction of sp³-hybridized carbons (Fsp3) is 0.667. The fourth-order valence-electron chi connectivity index (χ4n) is 2.93. The lowest BCUT2D eigenvalue weighted by molar-refractivity contribution is -0.134. The van der Waals surface area contributed by atoms with Crippen molar-refractivity contribution in [1.29, 1.82) is 0 Å². The van der Waals surface area contributed by atoms with Crippen LogP contribution in [0.15, 0.2) is 22.8 Å². The van der Waals surface area contributed by atoms with Crippen LogP contribution in [-0.4, -0.2) is 60.6 Å². The van der Waals surface area contributed by atoms with Crippen LogP contribution in [0.2, 0.25) is 0 Å². The molecular formula is C18H29N3O4. The molecule has 7 heteroatoms. The molecule has 0 radical (unpaired) electrons. The van der Waals surface area contributed by atoms with Crippen molar-refractivity contribution in [3.63, 3.8) is 0 Å². The van der Waals surface area contributed by atoms with Gasteiger partial charge in [0.15, 0.2) is 0 Å². The van der Waals surface area contributed by atoms with Gasteiger partial charge in [0.25, 0.3) is 0 Å². The van der Waals surface area contributed by atoms with Crippen molar-refractivity contribution >= 4 is 11.9 Å². The number of hydrogen-bond donors (Lipinski definition) is 1. The van der Waals surface area contributed by atoms with E-state index in [2.05, 4.69) is 5.32 Å². The Morgan fingerprint density at radius 3 is 2.76 bits per heavy atom. The predicted octanol–water partition coefficient (Wildman–Crippen LogP) is 2.23. The summed E-state index contributed by atoms with van der Waals surface area (Å²) in [4.78, 5) is 28.3. The molecule has 0 bridgehead atoms. The molecule has 2 heterocycles. The Balaban J connectivity index is 2.02. The average molecular weight is 351 g/mol. The molecule has 1 fully saturated rings. The summed E-state index contributed by atoms with van der Waals surface area (Å²) in [6.45, 7) is 6.66. The van der Waals surface area contributed by atoms with Crippen molar-refractivity contribution in [3.05, 3.63) is 24.2 Å². The number of hydrogen-bond acceptors (Lipinski definition) is 4. The maximum absolute atomic E-state index is 12.9. The van der Waals surface area contributed by atoms with Crippen LogP contribution >= 0.6 is 0 Å². The quantitative estimate of drug-likeness (QED) is 0.740. The smallest absolute Gasteiger partial charge is 0.317 e. The first-order valence-corrected chi connectivity index (χ1v) is 9.08. The van der Waals surface area contributed by atoms with Gasteiger partial charge in [0.1, 0.15) is 12.3 Å². The van der Waals surface area contributed by atoms with Gasteiger partial charge >= 0.3 is 6.03 Å². The van der Waals surface area contributed by atoms with E-state index in [1.807, 2.05) is 26.0 Å². The molecule has 25 heavy (non-hydrogen) atoms. The average Bonchev–Trinajstić information content (AvgIpc) is 3.28. The van der Waals surface area contributed by atoms with E-state index in [4.69, 9.17) is 9.15 Å². The first-order chi connectivity index (χ1) is 12.1. The van der Waals surface area contributed by atoms with Crippen LogP contribution in [0.5, 0.6) is 0 Å². The first kappa shape index (κ1) is 19.3. The topological polar surface area (TPSA) is 75.0 Å². The van der Waals surface area contributed by atoms with E-state index >= 15 is 0 Å². The van der Waals surface area contributed by atoms with Gasteiger partial charge in [-0.2, -0.15) is 0 Å². The van der Waals surface area contributed by atoms with Gasteiger partial charge < -0.3 is 24.3 Å². The van der Waals surface area contributed by atoms with E-state index in [-0.39, 0.29) is 24.6 Å². The maximum atomic E-state index is 12.9. The second-order valence-electron chi connectivity index (χ2n) is 6.25. The number of carbonyl (C=O) groups is 2. The van der Waals surface area contributed by atoms with Crippen LogP contribution in [0.25, 0.3) is 0 Å². The third-order valence-corrected chi connectivity index (χ3v) is 4.16.